The van der Waals surface area contributed by atoms with Crippen LogP contribution in [0.25, 0.3) is 39.0 Å². The third kappa shape index (κ3) is 6.39. The fourth-order valence-corrected chi connectivity index (χ4v) is 6.50. The molecule has 0 fully saturated rings. The molecule has 0 saturated heterocycles. The first-order chi connectivity index (χ1) is 23.2. The Labute approximate surface area is 301 Å². The molecule has 2 N–H and O–H groups in total. The van der Waals surface area contributed by atoms with Crippen molar-refractivity contribution < 1.29 is 12.8 Å². The van der Waals surface area contributed by atoms with E-state index in [0.29, 0.717) is 5.96 Å². The van der Waals surface area contributed by atoms with Crippen molar-refractivity contribution in [3.63, 3.8) is 0 Å². The summed E-state index contributed by atoms with van der Waals surface area (Å²) in [5.74, 6) is 1.81. The van der Waals surface area contributed by atoms with Gasteiger partial charge in [-0.15, -0.1) is 0 Å². The smallest absolute Gasteiger partial charge is 0.118 e. The van der Waals surface area contributed by atoms with Gasteiger partial charge in [0.25, 0.3) is 0 Å². The quantitative estimate of drug-likeness (QED) is 0.128. The van der Waals surface area contributed by atoms with Gasteiger partial charge in [0.2, 0.25) is 5.96 Å². The molecular formula is C39H28BrCuIN5. The first kappa shape index (κ1) is 31.4. The zero-order chi connectivity index (χ0) is 32.2. The Morgan fingerprint density at radius 1 is 0.617 bits per heavy atom. The Kier molecular flexibility index (Phi) is 9.53. The summed E-state index contributed by atoms with van der Waals surface area (Å²) in [6.07, 6.45) is 0.861. The number of guanidine groups is 1. The molecule has 7 aromatic rings. The average molecular weight is 837 g/mol. The number of aliphatic imine (C=N–C) groups is 1. The SMILES string of the molecule is Brc1ccccc1N=C1Nc2ccccc2-c2ccccc2N1.[Cu][I].c1ccc2c(c1)Cc1nc3ccccc3n1-c1ccccc1-2. The number of benzene rings is 6. The van der Waals surface area contributed by atoms with Crippen LogP contribution >= 0.6 is 36.3 Å². The molecule has 2 aliphatic heterocycles. The van der Waals surface area contributed by atoms with E-state index in [1.807, 2.05) is 48.5 Å². The number of hydrogen-bond acceptors (Lipinski definition) is 2. The monoisotopic (exact) mass is 835 g/mol. The molecule has 0 radical (unpaired) electrons. The van der Waals surface area contributed by atoms with E-state index >= 15 is 0 Å². The number of nitrogens with zero attached hydrogens (tertiary/aromatic N) is 3. The van der Waals surface area contributed by atoms with E-state index in [0.717, 1.165) is 50.4 Å². The number of rotatable bonds is 1. The fourth-order valence-electron chi connectivity index (χ4n) is 6.13. The van der Waals surface area contributed by atoms with Gasteiger partial charge < -0.3 is 10.6 Å². The van der Waals surface area contributed by atoms with Crippen LogP contribution in [0.5, 0.6) is 0 Å². The van der Waals surface area contributed by atoms with Crippen molar-refractivity contribution in [2.45, 2.75) is 6.42 Å². The zero-order valence-electron chi connectivity index (χ0n) is 25.0. The molecule has 0 amide bonds. The van der Waals surface area contributed by atoms with Gasteiger partial charge in [0.05, 0.1) is 22.4 Å². The third-order valence-electron chi connectivity index (χ3n) is 8.17. The van der Waals surface area contributed by atoms with Crippen molar-refractivity contribution in [1.82, 2.24) is 9.55 Å². The van der Waals surface area contributed by atoms with Crippen molar-refractivity contribution in [2.75, 3.05) is 10.6 Å². The molecule has 234 valence electrons. The topological polar surface area (TPSA) is 54.2 Å². The number of nitrogens with one attached hydrogen (secondary N) is 2. The normalized spacial score (nSPS) is 12.0. The number of fused-ring (bicyclic) bond motifs is 10. The Hall–Kier alpha value is -4.21. The van der Waals surface area contributed by atoms with E-state index in [1.165, 1.54) is 27.9 Å². The maximum absolute atomic E-state index is 4.87. The van der Waals surface area contributed by atoms with Gasteiger partial charge >= 0.3 is 33.1 Å². The van der Waals surface area contributed by atoms with Gasteiger partial charge in [0, 0.05) is 39.0 Å². The summed E-state index contributed by atoms with van der Waals surface area (Å²) in [5, 5.41) is 6.80. The number of para-hydroxylation sites is 6. The number of imidazole rings is 1. The van der Waals surface area contributed by atoms with Crippen LogP contribution in [-0.4, -0.2) is 15.5 Å². The van der Waals surface area contributed by atoms with Crippen molar-refractivity contribution in [2.24, 2.45) is 4.99 Å². The van der Waals surface area contributed by atoms with Crippen LogP contribution < -0.4 is 10.6 Å². The van der Waals surface area contributed by atoms with Crippen LogP contribution in [0, 0.1) is 0 Å². The molecule has 0 bridgehead atoms. The summed E-state index contributed by atoms with van der Waals surface area (Å²) in [6.45, 7) is 0. The fraction of sp³-hybridized carbons (Fsp3) is 0.0256. The first-order valence-corrected chi connectivity index (χ1v) is 18.9. The Bertz CT molecular complexity index is 2200. The number of hydrogen-bond donors (Lipinski definition) is 2. The van der Waals surface area contributed by atoms with Crippen LogP contribution in [0.4, 0.5) is 17.1 Å². The summed E-state index contributed by atoms with van der Waals surface area (Å²) >= 11 is 9.41. The van der Waals surface area contributed by atoms with Gasteiger partial charge in [-0.05, 0) is 69.5 Å². The van der Waals surface area contributed by atoms with E-state index in [-0.39, 0.29) is 0 Å². The first-order valence-electron chi connectivity index (χ1n) is 15.0. The van der Waals surface area contributed by atoms with E-state index < -0.39 is 0 Å². The van der Waals surface area contributed by atoms with Crippen molar-refractivity contribution in [3.05, 3.63) is 161 Å². The molecule has 3 heterocycles. The van der Waals surface area contributed by atoms with Crippen LogP contribution in [0.1, 0.15) is 11.4 Å². The summed E-state index contributed by atoms with van der Waals surface area (Å²) in [5.41, 5.74) is 12.7. The van der Waals surface area contributed by atoms with Crippen LogP contribution in [0.3, 0.4) is 0 Å². The van der Waals surface area contributed by atoms with Gasteiger partial charge in [-0.25, -0.2) is 9.98 Å². The van der Waals surface area contributed by atoms with E-state index in [4.69, 9.17) is 9.98 Å². The molecule has 0 spiro atoms. The second-order valence-electron chi connectivity index (χ2n) is 11.0. The second-order valence-corrected chi connectivity index (χ2v) is 11.8. The van der Waals surface area contributed by atoms with Crippen LogP contribution in [-0.2, 0) is 19.2 Å². The summed E-state index contributed by atoms with van der Waals surface area (Å²) in [6, 6.07) is 50.0. The molecule has 1 aromatic heterocycles. The van der Waals surface area contributed by atoms with Gasteiger partial charge in [-0.1, -0.05) is 103 Å². The van der Waals surface area contributed by atoms with Gasteiger partial charge in [-0.2, -0.15) is 0 Å². The van der Waals surface area contributed by atoms with E-state index in [9.17, 15) is 0 Å². The molecule has 0 aliphatic carbocycles. The summed E-state index contributed by atoms with van der Waals surface area (Å²) in [7, 11) is 0. The van der Waals surface area contributed by atoms with E-state index in [2.05, 4.69) is 141 Å². The molecule has 0 unspecified atom stereocenters. The molecule has 0 saturated carbocycles. The van der Waals surface area contributed by atoms with Gasteiger partial charge in [-0.3, -0.25) is 4.57 Å². The van der Waals surface area contributed by atoms with E-state index in [1.54, 1.807) is 20.3 Å². The molecule has 5 nitrogen and oxygen atoms in total. The number of halogens is 2. The molecule has 9 rings (SSSR count). The molecule has 6 aromatic carbocycles. The largest absolute Gasteiger partial charge is 0.295 e. The summed E-state index contributed by atoms with van der Waals surface area (Å²) < 4.78 is 3.27. The summed E-state index contributed by atoms with van der Waals surface area (Å²) in [4.78, 5) is 9.60. The Morgan fingerprint density at radius 2 is 1.17 bits per heavy atom. The maximum Gasteiger partial charge on any atom is 0.118 e. The van der Waals surface area contributed by atoms with Crippen LogP contribution in [0.2, 0.25) is 0 Å². The minimum absolute atomic E-state index is 0.703. The molecule has 8 heteroatoms. The van der Waals surface area contributed by atoms with Crippen molar-refractivity contribution in [3.8, 4) is 27.9 Å². The molecule has 2 aliphatic rings. The predicted octanol–water partition coefficient (Wildman–Crippen LogP) is 11.1. The molecule has 0 atom stereocenters. The van der Waals surface area contributed by atoms with Gasteiger partial charge in [0.1, 0.15) is 5.82 Å². The Balaban J connectivity index is 0.000000142. The van der Waals surface area contributed by atoms with Crippen molar-refractivity contribution >= 4 is 70.3 Å². The average Bonchev–Trinajstić information content (AvgIpc) is 3.31. The minimum Gasteiger partial charge on any atom is -0.295 e. The molecular weight excluding hydrogens is 809 g/mol. The third-order valence-corrected chi connectivity index (χ3v) is 8.84. The number of anilines is 2. The predicted molar refractivity (Wildman–Crippen MR) is 204 cm³/mol. The number of aromatic nitrogens is 2. The zero-order valence-corrected chi connectivity index (χ0v) is 29.6. The Morgan fingerprint density at radius 3 is 1.89 bits per heavy atom. The minimum atomic E-state index is 0.703. The standard InChI is InChI=1S/C20H14N2.C19H14BrN3.Cu.HI/c1-2-8-15-14(7-1)13-20-21-17-10-4-6-12-19(17)22(20)18-11-5-3-9-16(15)18;20-15-9-3-6-12-18(15)23-19-21-16-10-4-1-7-13(16)14-8-2-5-11-17(14)22-19;;/h1-12H,13H2;1-12H,(H2,21,22,23);;1H/q;;+1;/p-1. The van der Waals surface area contributed by atoms with Crippen LogP contribution in [0.15, 0.2) is 155 Å². The van der Waals surface area contributed by atoms with Crippen molar-refractivity contribution in [1.29, 1.82) is 0 Å². The van der Waals surface area contributed by atoms with Gasteiger partial charge in [0.15, 0.2) is 0 Å². The maximum atomic E-state index is 4.87. The molecule has 47 heavy (non-hydrogen) atoms. The second kappa shape index (κ2) is 14.3.